The number of nitrogens with one attached hydrogen (secondary N) is 1. The molecule has 0 fully saturated rings. The minimum absolute atomic E-state index is 0.770. The van der Waals surface area contributed by atoms with Crippen molar-refractivity contribution in [1.82, 2.24) is 9.88 Å². The molecule has 0 atom stereocenters. The standard InChI is InChI=1S/C15H27N3/c1-5-8-16-15-11-14(6-9-17-15)12-18(4)10-7-13(2)3/h6,9,11,13H,5,7-8,10,12H2,1-4H3,(H,16,17). The molecule has 0 aromatic carbocycles. The summed E-state index contributed by atoms with van der Waals surface area (Å²) in [5.74, 6) is 1.76. The van der Waals surface area contributed by atoms with Gasteiger partial charge in [0.2, 0.25) is 0 Å². The second kappa shape index (κ2) is 8.09. The average Bonchev–Trinajstić information content (AvgIpc) is 2.34. The lowest BCUT2D eigenvalue weighted by atomic mass is 10.1. The second-order valence-electron chi connectivity index (χ2n) is 5.40. The van der Waals surface area contributed by atoms with Gasteiger partial charge in [-0.25, -0.2) is 4.98 Å². The number of nitrogens with zero attached hydrogens (tertiary/aromatic N) is 2. The van der Waals surface area contributed by atoms with Crippen LogP contribution < -0.4 is 5.32 Å². The Morgan fingerprint density at radius 1 is 1.39 bits per heavy atom. The molecule has 102 valence electrons. The molecule has 0 unspecified atom stereocenters. The van der Waals surface area contributed by atoms with Gasteiger partial charge in [-0.3, -0.25) is 0 Å². The first-order chi connectivity index (χ1) is 8.61. The maximum Gasteiger partial charge on any atom is 0.126 e. The molecule has 0 saturated carbocycles. The van der Waals surface area contributed by atoms with Gasteiger partial charge < -0.3 is 10.2 Å². The van der Waals surface area contributed by atoms with E-state index in [0.717, 1.165) is 37.8 Å². The van der Waals surface area contributed by atoms with E-state index in [1.807, 2.05) is 6.20 Å². The van der Waals surface area contributed by atoms with Gasteiger partial charge in [0.05, 0.1) is 0 Å². The van der Waals surface area contributed by atoms with E-state index in [0.29, 0.717) is 0 Å². The first kappa shape index (κ1) is 15.0. The highest BCUT2D eigenvalue weighted by atomic mass is 15.1. The molecule has 0 aliphatic rings. The van der Waals surface area contributed by atoms with Crippen LogP contribution in [0.15, 0.2) is 18.3 Å². The Morgan fingerprint density at radius 3 is 2.83 bits per heavy atom. The largest absolute Gasteiger partial charge is 0.370 e. The topological polar surface area (TPSA) is 28.2 Å². The summed E-state index contributed by atoms with van der Waals surface area (Å²) in [4.78, 5) is 6.70. The molecule has 1 N–H and O–H groups in total. The summed E-state index contributed by atoms with van der Waals surface area (Å²) < 4.78 is 0. The van der Waals surface area contributed by atoms with Crippen LogP contribution in [0.25, 0.3) is 0 Å². The molecule has 0 radical (unpaired) electrons. The van der Waals surface area contributed by atoms with E-state index in [2.05, 4.69) is 55.2 Å². The van der Waals surface area contributed by atoms with Gasteiger partial charge in [-0.15, -0.1) is 0 Å². The Hall–Kier alpha value is -1.09. The van der Waals surface area contributed by atoms with Crippen molar-refractivity contribution >= 4 is 5.82 Å². The molecule has 0 saturated heterocycles. The molecule has 1 heterocycles. The highest BCUT2D eigenvalue weighted by molar-refractivity contribution is 5.37. The highest BCUT2D eigenvalue weighted by Gasteiger charge is 2.03. The number of hydrogen-bond donors (Lipinski definition) is 1. The number of anilines is 1. The summed E-state index contributed by atoms with van der Waals surface area (Å²) in [5, 5.41) is 3.33. The fourth-order valence-electron chi connectivity index (χ4n) is 1.79. The fourth-order valence-corrected chi connectivity index (χ4v) is 1.79. The van der Waals surface area contributed by atoms with E-state index in [-0.39, 0.29) is 0 Å². The van der Waals surface area contributed by atoms with Gasteiger partial charge in [0, 0.05) is 19.3 Å². The summed E-state index contributed by atoms with van der Waals surface area (Å²) in [6, 6.07) is 4.25. The van der Waals surface area contributed by atoms with E-state index in [1.165, 1.54) is 12.0 Å². The molecule has 0 spiro atoms. The van der Waals surface area contributed by atoms with Crippen molar-refractivity contribution in [2.24, 2.45) is 5.92 Å². The van der Waals surface area contributed by atoms with Gasteiger partial charge in [-0.2, -0.15) is 0 Å². The number of aromatic nitrogens is 1. The molecule has 3 nitrogen and oxygen atoms in total. The highest BCUT2D eigenvalue weighted by Crippen LogP contribution is 2.10. The van der Waals surface area contributed by atoms with E-state index in [4.69, 9.17) is 0 Å². The maximum atomic E-state index is 4.33. The minimum atomic E-state index is 0.770. The molecule has 1 aromatic rings. The Labute approximate surface area is 112 Å². The molecule has 0 aliphatic heterocycles. The second-order valence-corrected chi connectivity index (χ2v) is 5.40. The maximum absolute atomic E-state index is 4.33. The van der Waals surface area contributed by atoms with Crippen LogP contribution in [0.5, 0.6) is 0 Å². The number of rotatable bonds is 8. The van der Waals surface area contributed by atoms with Crippen molar-refractivity contribution in [3.63, 3.8) is 0 Å². The van der Waals surface area contributed by atoms with Crippen LogP contribution in [0.2, 0.25) is 0 Å². The van der Waals surface area contributed by atoms with Crippen LogP contribution in [0.1, 0.15) is 39.2 Å². The molecular formula is C15H27N3. The van der Waals surface area contributed by atoms with Gasteiger partial charge in [-0.1, -0.05) is 20.8 Å². The Morgan fingerprint density at radius 2 is 2.17 bits per heavy atom. The van der Waals surface area contributed by atoms with Crippen LogP contribution in [0.4, 0.5) is 5.82 Å². The van der Waals surface area contributed by atoms with Crippen LogP contribution >= 0.6 is 0 Å². The molecule has 1 rings (SSSR count). The monoisotopic (exact) mass is 249 g/mol. The molecule has 1 aromatic heterocycles. The van der Waals surface area contributed by atoms with Gasteiger partial charge in [0.15, 0.2) is 0 Å². The summed E-state index contributed by atoms with van der Waals surface area (Å²) in [5.41, 5.74) is 1.33. The molecule has 3 heteroatoms. The molecule has 0 aliphatic carbocycles. The van der Waals surface area contributed by atoms with Crippen molar-refractivity contribution in [3.05, 3.63) is 23.9 Å². The molecule has 18 heavy (non-hydrogen) atoms. The quantitative estimate of drug-likeness (QED) is 0.765. The zero-order chi connectivity index (χ0) is 13.4. The predicted molar refractivity (Wildman–Crippen MR) is 78.8 cm³/mol. The Balaban J connectivity index is 2.45. The zero-order valence-corrected chi connectivity index (χ0v) is 12.2. The average molecular weight is 249 g/mol. The number of hydrogen-bond acceptors (Lipinski definition) is 3. The Kier molecular flexibility index (Phi) is 6.73. The van der Waals surface area contributed by atoms with Crippen LogP contribution in [0, 0.1) is 5.92 Å². The molecule has 0 bridgehead atoms. The van der Waals surface area contributed by atoms with E-state index in [1.54, 1.807) is 0 Å². The summed E-state index contributed by atoms with van der Waals surface area (Å²) >= 11 is 0. The summed E-state index contributed by atoms with van der Waals surface area (Å²) in [7, 11) is 2.18. The first-order valence-corrected chi connectivity index (χ1v) is 6.99. The lowest BCUT2D eigenvalue weighted by Gasteiger charge is -2.18. The van der Waals surface area contributed by atoms with Gasteiger partial charge in [-0.05, 0) is 50.0 Å². The lowest BCUT2D eigenvalue weighted by Crippen LogP contribution is -2.20. The van der Waals surface area contributed by atoms with E-state index >= 15 is 0 Å². The van der Waals surface area contributed by atoms with Crippen molar-refractivity contribution in [3.8, 4) is 0 Å². The van der Waals surface area contributed by atoms with E-state index in [9.17, 15) is 0 Å². The van der Waals surface area contributed by atoms with Gasteiger partial charge in [0.1, 0.15) is 5.82 Å². The van der Waals surface area contributed by atoms with Gasteiger partial charge in [0.25, 0.3) is 0 Å². The SMILES string of the molecule is CCCNc1cc(CN(C)CCC(C)C)ccn1. The lowest BCUT2D eigenvalue weighted by molar-refractivity contribution is 0.303. The van der Waals surface area contributed by atoms with Crippen molar-refractivity contribution in [2.45, 2.75) is 40.2 Å². The third kappa shape index (κ3) is 6.01. The normalized spacial score (nSPS) is 11.2. The van der Waals surface area contributed by atoms with E-state index < -0.39 is 0 Å². The summed E-state index contributed by atoms with van der Waals surface area (Å²) in [6.07, 6.45) is 4.27. The fraction of sp³-hybridized carbons (Fsp3) is 0.667. The van der Waals surface area contributed by atoms with Crippen molar-refractivity contribution < 1.29 is 0 Å². The minimum Gasteiger partial charge on any atom is -0.370 e. The van der Waals surface area contributed by atoms with Crippen LogP contribution in [-0.4, -0.2) is 30.0 Å². The third-order valence-corrected chi connectivity index (χ3v) is 2.92. The first-order valence-electron chi connectivity index (χ1n) is 6.99. The molecule has 0 amide bonds. The summed E-state index contributed by atoms with van der Waals surface area (Å²) in [6.45, 7) is 9.84. The van der Waals surface area contributed by atoms with Crippen LogP contribution in [-0.2, 0) is 6.54 Å². The number of pyridine rings is 1. The van der Waals surface area contributed by atoms with Crippen molar-refractivity contribution in [2.75, 3.05) is 25.5 Å². The third-order valence-electron chi connectivity index (χ3n) is 2.92. The van der Waals surface area contributed by atoms with Gasteiger partial charge >= 0.3 is 0 Å². The van der Waals surface area contributed by atoms with Crippen LogP contribution in [0.3, 0.4) is 0 Å². The molecular weight excluding hydrogens is 222 g/mol. The van der Waals surface area contributed by atoms with Crippen molar-refractivity contribution in [1.29, 1.82) is 0 Å². The zero-order valence-electron chi connectivity index (χ0n) is 12.2. The predicted octanol–water partition coefficient (Wildman–Crippen LogP) is 3.38. The Bertz CT molecular complexity index is 336. The smallest absolute Gasteiger partial charge is 0.126 e.